The zero-order valence-corrected chi connectivity index (χ0v) is 13.6. The Labute approximate surface area is 132 Å². The van der Waals surface area contributed by atoms with Gasteiger partial charge >= 0.3 is 0 Å². The molecule has 0 saturated heterocycles. The number of alkyl halides is 1. The Bertz CT molecular complexity index is 426. The van der Waals surface area contributed by atoms with Gasteiger partial charge in [-0.25, -0.2) is 0 Å². The minimum atomic E-state index is 0.130. The lowest BCUT2D eigenvalue weighted by molar-refractivity contribution is -0.130. The summed E-state index contributed by atoms with van der Waals surface area (Å²) >= 11 is 5.58. The maximum Gasteiger partial charge on any atom is 0.222 e. The summed E-state index contributed by atoms with van der Waals surface area (Å²) in [5.41, 5.74) is 0. The fraction of sp³-hybridized carbons (Fsp3) is 0.562. The first-order valence-electron chi connectivity index (χ1n) is 7.33. The average molecular weight is 314 g/mol. The molecule has 0 atom stereocenters. The molecule has 0 fully saturated rings. The Morgan fingerprint density at radius 1 is 1.19 bits per heavy atom. The van der Waals surface area contributed by atoms with Crippen LogP contribution in [0.3, 0.4) is 0 Å². The lowest BCUT2D eigenvalue weighted by atomic mass is 10.3. The van der Waals surface area contributed by atoms with Crippen LogP contribution >= 0.6 is 11.6 Å². The first kappa shape index (κ1) is 17.6. The van der Waals surface area contributed by atoms with Gasteiger partial charge in [-0.3, -0.25) is 4.79 Å². The molecule has 0 saturated carbocycles. The highest BCUT2D eigenvalue weighted by atomic mass is 35.5. The number of nitrogens with zero attached hydrogens (tertiary/aromatic N) is 1. The number of halogens is 1. The average Bonchev–Trinajstić information content (AvgIpc) is 2.50. The van der Waals surface area contributed by atoms with Gasteiger partial charge in [0.15, 0.2) is 11.5 Å². The van der Waals surface area contributed by atoms with E-state index in [1.54, 1.807) is 4.90 Å². The van der Waals surface area contributed by atoms with Crippen molar-refractivity contribution in [3.63, 3.8) is 0 Å². The van der Waals surface area contributed by atoms with Gasteiger partial charge in [0, 0.05) is 25.9 Å². The molecule has 1 rings (SSSR count). The van der Waals surface area contributed by atoms with E-state index >= 15 is 0 Å². The standard InChI is InChI=1S/C16H24ClNO3/c1-3-20-14-8-4-5-9-15(14)21-13-7-12-18(2)16(19)10-6-11-17/h4-5,8-9H,3,6-7,10-13H2,1-2H3. The summed E-state index contributed by atoms with van der Waals surface area (Å²) < 4.78 is 11.2. The lowest BCUT2D eigenvalue weighted by Gasteiger charge is -2.17. The molecule has 118 valence electrons. The summed E-state index contributed by atoms with van der Waals surface area (Å²) in [6.45, 7) is 3.78. The number of para-hydroxylation sites is 2. The van der Waals surface area contributed by atoms with Gasteiger partial charge < -0.3 is 14.4 Å². The van der Waals surface area contributed by atoms with Crippen LogP contribution in [-0.4, -0.2) is 43.5 Å². The number of carbonyl (C=O) groups excluding carboxylic acids is 1. The Kier molecular flexibility index (Phi) is 8.67. The molecular weight excluding hydrogens is 290 g/mol. The maximum absolute atomic E-state index is 11.7. The van der Waals surface area contributed by atoms with Crippen molar-refractivity contribution in [2.75, 3.05) is 32.7 Å². The predicted molar refractivity (Wildman–Crippen MR) is 85.3 cm³/mol. The maximum atomic E-state index is 11.7. The molecule has 0 aliphatic heterocycles. The third-order valence-corrected chi connectivity index (χ3v) is 3.26. The Hall–Kier alpha value is -1.42. The minimum absolute atomic E-state index is 0.130. The van der Waals surface area contributed by atoms with E-state index in [4.69, 9.17) is 21.1 Å². The van der Waals surface area contributed by atoms with Gasteiger partial charge in [-0.2, -0.15) is 0 Å². The number of carbonyl (C=O) groups is 1. The number of rotatable bonds is 10. The van der Waals surface area contributed by atoms with Crippen molar-refractivity contribution in [1.29, 1.82) is 0 Å². The molecule has 21 heavy (non-hydrogen) atoms. The number of benzene rings is 1. The molecule has 0 aromatic heterocycles. The Morgan fingerprint density at radius 2 is 1.86 bits per heavy atom. The fourth-order valence-corrected chi connectivity index (χ4v) is 2.00. The minimum Gasteiger partial charge on any atom is -0.490 e. The Balaban J connectivity index is 2.29. The molecule has 1 amide bonds. The molecule has 5 heteroatoms. The molecular formula is C16H24ClNO3. The summed E-state index contributed by atoms with van der Waals surface area (Å²) in [5.74, 6) is 2.16. The highest BCUT2D eigenvalue weighted by Gasteiger charge is 2.08. The van der Waals surface area contributed by atoms with Crippen LogP contribution in [0.15, 0.2) is 24.3 Å². The quantitative estimate of drug-likeness (QED) is 0.491. The highest BCUT2D eigenvalue weighted by Crippen LogP contribution is 2.26. The first-order chi connectivity index (χ1) is 10.2. The van der Waals surface area contributed by atoms with Crippen LogP contribution in [0.2, 0.25) is 0 Å². The molecule has 0 radical (unpaired) electrons. The number of amides is 1. The highest BCUT2D eigenvalue weighted by molar-refractivity contribution is 6.17. The second kappa shape index (κ2) is 10.3. The molecule has 1 aromatic rings. The third kappa shape index (κ3) is 6.71. The van der Waals surface area contributed by atoms with Crippen LogP contribution in [0, 0.1) is 0 Å². The summed E-state index contributed by atoms with van der Waals surface area (Å²) in [6.07, 6.45) is 2.01. The number of ether oxygens (including phenoxy) is 2. The molecule has 1 aromatic carbocycles. The van der Waals surface area contributed by atoms with E-state index < -0.39 is 0 Å². The molecule has 0 aliphatic carbocycles. The summed E-state index contributed by atoms with van der Waals surface area (Å²) in [4.78, 5) is 13.4. The lowest BCUT2D eigenvalue weighted by Crippen LogP contribution is -2.28. The van der Waals surface area contributed by atoms with Gasteiger partial charge in [-0.15, -0.1) is 11.6 Å². The van der Waals surface area contributed by atoms with Crippen molar-refractivity contribution < 1.29 is 14.3 Å². The SMILES string of the molecule is CCOc1ccccc1OCCCN(C)C(=O)CCCCl. The third-order valence-electron chi connectivity index (χ3n) is 2.99. The first-order valence-corrected chi connectivity index (χ1v) is 7.87. The van der Waals surface area contributed by atoms with Crippen molar-refractivity contribution in [2.45, 2.75) is 26.2 Å². The van der Waals surface area contributed by atoms with Crippen LogP contribution in [0.1, 0.15) is 26.2 Å². The summed E-state index contributed by atoms with van der Waals surface area (Å²) in [5, 5.41) is 0. The number of hydrogen-bond acceptors (Lipinski definition) is 3. The van der Waals surface area contributed by atoms with Gasteiger partial charge in [0.2, 0.25) is 5.91 Å². The van der Waals surface area contributed by atoms with E-state index in [0.29, 0.717) is 32.1 Å². The zero-order chi connectivity index (χ0) is 15.5. The molecule has 0 unspecified atom stereocenters. The summed E-state index contributed by atoms with van der Waals surface area (Å²) in [7, 11) is 1.81. The second-order valence-corrected chi connectivity index (χ2v) is 5.07. The molecule has 0 spiro atoms. The van der Waals surface area contributed by atoms with Crippen molar-refractivity contribution in [2.24, 2.45) is 0 Å². The van der Waals surface area contributed by atoms with E-state index in [1.165, 1.54) is 0 Å². The Morgan fingerprint density at radius 3 is 2.48 bits per heavy atom. The van der Waals surface area contributed by atoms with E-state index in [0.717, 1.165) is 24.3 Å². The topological polar surface area (TPSA) is 38.8 Å². The van der Waals surface area contributed by atoms with Gasteiger partial charge in [-0.05, 0) is 31.9 Å². The van der Waals surface area contributed by atoms with Gasteiger partial charge in [0.25, 0.3) is 0 Å². The molecule has 4 nitrogen and oxygen atoms in total. The molecule has 0 heterocycles. The van der Waals surface area contributed by atoms with Crippen LogP contribution in [0.4, 0.5) is 0 Å². The van der Waals surface area contributed by atoms with Crippen molar-refractivity contribution in [3.8, 4) is 11.5 Å². The van der Waals surface area contributed by atoms with Crippen molar-refractivity contribution >= 4 is 17.5 Å². The van der Waals surface area contributed by atoms with Crippen LogP contribution in [-0.2, 0) is 4.79 Å². The monoisotopic (exact) mass is 313 g/mol. The van der Waals surface area contributed by atoms with Gasteiger partial charge in [-0.1, -0.05) is 12.1 Å². The largest absolute Gasteiger partial charge is 0.490 e. The van der Waals surface area contributed by atoms with E-state index in [-0.39, 0.29) is 5.91 Å². The molecule has 0 aliphatic rings. The van der Waals surface area contributed by atoms with E-state index in [9.17, 15) is 4.79 Å². The van der Waals surface area contributed by atoms with E-state index in [2.05, 4.69) is 0 Å². The van der Waals surface area contributed by atoms with Crippen molar-refractivity contribution in [3.05, 3.63) is 24.3 Å². The second-order valence-electron chi connectivity index (χ2n) is 4.69. The smallest absolute Gasteiger partial charge is 0.222 e. The normalized spacial score (nSPS) is 10.2. The van der Waals surface area contributed by atoms with Crippen LogP contribution in [0.25, 0.3) is 0 Å². The van der Waals surface area contributed by atoms with Crippen molar-refractivity contribution in [1.82, 2.24) is 4.90 Å². The van der Waals surface area contributed by atoms with Gasteiger partial charge in [0.05, 0.1) is 13.2 Å². The zero-order valence-electron chi connectivity index (χ0n) is 12.8. The van der Waals surface area contributed by atoms with E-state index in [1.807, 2.05) is 38.2 Å². The predicted octanol–water partition coefficient (Wildman–Crippen LogP) is 3.33. The fourth-order valence-electron chi connectivity index (χ4n) is 1.86. The summed E-state index contributed by atoms with van der Waals surface area (Å²) in [6, 6.07) is 7.61. The molecule has 0 N–H and O–H groups in total. The number of hydrogen-bond donors (Lipinski definition) is 0. The van der Waals surface area contributed by atoms with Gasteiger partial charge in [0.1, 0.15) is 0 Å². The van der Waals surface area contributed by atoms with Crippen LogP contribution in [0.5, 0.6) is 11.5 Å². The van der Waals surface area contributed by atoms with Crippen LogP contribution < -0.4 is 9.47 Å². The molecule has 0 bridgehead atoms.